The second-order valence-corrected chi connectivity index (χ2v) is 4.70. The van der Waals surface area contributed by atoms with E-state index in [0.717, 1.165) is 24.1 Å². The lowest BCUT2D eigenvalue weighted by Crippen LogP contribution is -2.06. The van der Waals surface area contributed by atoms with Gasteiger partial charge in [-0.15, -0.1) is 0 Å². The topological polar surface area (TPSA) is 43.6 Å². The van der Waals surface area contributed by atoms with E-state index in [9.17, 15) is 0 Å². The molecule has 0 amide bonds. The van der Waals surface area contributed by atoms with Gasteiger partial charge in [-0.25, -0.2) is 9.97 Å². The van der Waals surface area contributed by atoms with Crippen molar-refractivity contribution in [2.45, 2.75) is 39.7 Å². The fraction of sp³-hybridized carbons (Fsp3) is 0.462. The normalized spacial score (nSPS) is 11.2. The van der Waals surface area contributed by atoms with Crippen LogP contribution in [0.5, 0.6) is 0 Å². The van der Waals surface area contributed by atoms with Gasteiger partial charge in [0.25, 0.3) is 0 Å². The molecule has 18 heavy (non-hydrogen) atoms. The number of hydrogen-bond acceptors (Lipinski definition) is 3. The first-order valence-corrected chi connectivity index (χ1v) is 6.57. The minimum Gasteiger partial charge on any atom is -0.269 e. The molecule has 0 aliphatic carbocycles. The minimum absolute atomic E-state index is 0.431. The Morgan fingerprint density at radius 3 is 2.67 bits per heavy atom. The maximum Gasteiger partial charge on any atom is 0.126 e. The predicted octanol–water partition coefficient (Wildman–Crippen LogP) is 3.66. The van der Waals surface area contributed by atoms with E-state index >= 15 is 0 Å². The van der Waals surface area contributed by atoms with E-state index in [1.54, 1.807) is 6.20 Å². The number of halogens is 1. The molecular weight excluding hydrogens is 248 g/mol. The molecule has 0 aliphatic rings. The molecule has 0 aliphatic heterocycles. The molecule has 0 radical (unpaired) electrons. The molecule has 0 saturated heterocycles. The van der Waals surface area contributed by atoms with E-state index < -0.39 is 0 Å². The third-order valence-electron chi connectivity index (χ3n) is 3.06. The maximum atomic E-state index is 6.13. The fourth-order valence-corrected chi connectivity index (χ4v) is 2.18. The van der Waals surface area contributed by atoms with Crippen molar-refractivity contribution in [2.75, 3.05) is 0 Å². The van der Waals surface area contributed by atoms with E-state index in [0.29, 0.717) is 16.9 Å². The first-order chi connectivity index (χ1) is 8.65. The Hall–Kier alpha value is -1.42. The van der Waals surface area contributed by atoms with E-state index in [1.165, 1.54) is 0 Å². The van der Waals surface area contributed by atoms with Gasteiger partial charge in [-0.05, 0) is 19.8 Å². The summed E-state index contributed by atoms with van der Waals surface area (Å²) in [6.45, 7) is 6.18. The van der Waals surface area contributed by atoms with Crippen LogP contribution in [0.1, 0.15) is 38.6 Å². The first-order valence-electron chi connectivity index (χ1n) is 6.19. The third-order valence-corrected chi connectivity index (χ3v) is 3.33. The van der Waals surface area contributed by atoms with Crippen LogP contribution in [0.4, 0.5) is 0 Å². The van der Waals surface area contributed by atoms with Gasteiger partial charge in [0, 0.05) is 18.0 Å². The van der Waals surface area contributed by atoms with Gasteiger partial charge >= 0.3 is 0 Å². The molecule has 0 saturated carbocycles. The second kappa shape index (κ2) is 5.48. The largest absolute Gasteiger partial charge is 0.269 e. The van der Waals surface area contributed by atoms with Crippen molar-refractivity contribution in [2.24, 2.45) is 0 Å². The zero-order valence-electron chi connectivity index (χ0n) is 10.9. The van der Waals surface area contributed by atoms with Crippen LogP contribution in [-0.2, 0) is 0 Å². The summed E-state index contributed by atoms with van der Waals surface area (Å²) in [6, 6.07) is 0.431. The zero-order chi connectivity index (χ0) is 13.1. The van der Waals surface area contributed by atoms with Crippen LogP contribution in [0.25, 0.3) is 11.3 Å². The van der Waals surface area contributed by atoms with Crippen molar-refractivity contribution >= 4 is 11.6 Å². The highest BCUT2D eigenvalue weighted by Gasteiger charge is 2.12. The number of aryl methyl sites for hydroxylation is 1. The van der Waals surface area contributed by atoms with Gasteiger partial charge in [0.1, 0.15) is 5.82 Å². The summed E-state index contributed by atoms with van der Waals surface area (Å²) in [5.74, 6) is 0.713. The number of aromatic nitrogens is 4. The van der Waals surface area contributed by atoms with Gasteiger partial charge in [-0.1, -0.05) is 25.4 Å². The quantitative estimate of drug-likeness (QED) is 0.846. The van der Waals surface area contributed by atoms with E-state index in [2.05, 4.69) is 28.9 Å². The van der Waals surface area contributed by atoms with Crippen molar-refractivity contribution in [1.29, 1.82) is 0 Å². The summed E-state index contributed by atoms with van der Waals surface area (Å²) < 4.78 is 1.99. The van der Waals surface area contributed by atoms with Crippen LogP contribution in [0.15, 0.2) is 18.6 Å². The smallest absolute Gasteiger partial charge is 0.126 e. The average molecular weight is 265 g/mol. The van der Waals surface area contributed by atoms with E-state index in [1.807, 2.05) is 24.0 Å². The van der Waals surface area contributed by atoms with E-state index in [-0.39, 0.29) is 0 Å². The van der Waals surface area contributed by atoms with Crippen LogP contribution < -0.4 is 0 Å². The molecule has 0 spiro atoms. The Balaban J connectivity index is 2.37. The van der Waals surface area contributed by atoms with Crippen LogP contribution in [0, 0.1) is 6.92 Å². The van der Waals surface area contributed by atoms with Crippen LogP contribution >= 0.6 is 11.6 Å². The van der Waals surface area contributed by atoms with E-state index in [4.69, 9.17) is 11.6 Å². The highest BCUT2D eigenvalue weighted by molar-refractivity contribution is 6.32. The van der Waals surface area contributed by atoms with Crippen LogP contribution in [0.3, 0.4) is 0 Å². The van der Waals surface area contributed by atoms with Crippen LogP contribution in [0.2, 0.25) is 5.02 Å². The highest BCUT2D eigenvalue weighted by atomic mass is 35.5. The maximum absolute atomic E-state index is 6.13. The second-order valence-electron chi connectivity index (χ2n) is 4.29. The zero-order valence-corrected chi connectivity index (χ0v) is 11.6. The molecule has 2 aromatic heterocycles. The summed E-state index contributed by atoms with van der Waals surface area (Å²) in [6.07, 6.45) is 7.58. The Morgan fingerprint density at radius 1 is 1.28 bits per heavy atom. The molecular formula is C13H17ClN4. The molecule has 0 bridgehead atoms. The molecule has 0 atom stereocenters. The molecule has 2 aromatic rings. The number of hydrogen-bond donors (Lipinski definition) is 0. The Bertz CT molecular complexity index is 532. The molecule has 2 rings (SSSR count). The van der Waals surface area contributed by atoms with Gasteiger partial charge in [0.05, 0.1) is 23.0 Å². The minimum atomic E-state index is 0.431. The molecule has 96 valence electrons. The van der Waals surface area contributed by atoms with Gasteiger partial charge in [0.15, 0.2) is 0 Å². The Morgan fingerprint density at radius 2 is 2.00 bits per heavy atom. The molecule has 5 heteroatoms. The molecule has 4 nitrogen and oxygen atoms in total. The van der Waals surface area contributed by atoms with Crippen molar-refractivity contribution in [3.8, 4) is 11.3 Å². The SMILES string of the molecule is CCC(CC)n1cc(-c2nc(C)ncc2Cl)cn1. The number of rotatable bonds is 4. The Kier molecular flexibility index (Phi) is 3.97. The molecule has 2 heterocycles. The van der Waals surface area contributed by atoms with Crippen molar-refractivity contribution in [1.82, 2.24) is 19.7 Å². The monoisotopic (exact) mass is 264 g/mol. The summed E-state index contributed by atoms with van der Waals surface area (Å²) in [5, 5.41) is 4.96. The molecule has 0 N–H and O–H groups in total. The average Bonchev–Trinajstić information content (AvgIpc) is 2.83. The summed E-state index contributed by atoms with van der Waals surface area (Å²) in [5.41, 5.74) is 1.69. The lowest BCUT2D eigenvalue weighted by Gasteiger charge is -2.12. The lowest BCUT2D eigenvalue weighted by molar-refractivity contribution is 0.428. The first kappa shape index (κ1) is 13.0. The van der Waals surface area contributed by atoms with Gasteiger partial charge in [-0.3, -0.25) is 4.68 Å². The van der Waals surface area contributed by atoms with Crippen molar-refractivity contribution in [3.05, 3.63) is 29.4 Å². The summed E-state index contributed by atoms with van der Waals surface area (Å²) in [7, 11) is 0. The van der Waals surface area contributed by atoms with Gasteiger partial charge in [0.2, 0.25) is 0 Å². The predicted molar refractivity (Wildman–Crippen MR) is 72.6 cm³/mol. The van der Waals surface area contributed by atoms with Crippen LogP contribution in [-0.4, -0.2) is 19.7 Å². The molecule has 0 aromatic carbocycles. The van der Waals surface area contributed by atoms with Crippen molar-refractivity contribution in [3.63, 3.8) is 0 Å². The number of nitrogens with zero attached hydrogens (tertiary/aromatic N) is 4. The van der Waals surface area contributed by atoms with Crippen molar-refractivity contribution < 1.29 is 0 Å². The van der Waals surface area contributed by atoms with Gasteiger partial charge < -0.3 is 0 Å². The summed E-state index contributed by atoms with van der Waals surface area (Å²) >= 11 is 6.13. The Labute approximate surface area is 112 Å². The molecule has 0 fully saturated rings. The highest BCUT2D eigenvalue weighted by Crippen LogP contribution is 2.26. The lowest BCUT2D eigenvalue weighted by atomic mass is 10.2. The molecule has 0 unspecified atom stereocenters. The standard InChI is InChI=1S/C13H17ClN4/c1-4-11(5-2)18-8-10(6-16-18)13-12(14)7-15-9(3)17-13/h6-8,11H,4-5H2,1-3H3. The third kappa shape index (κ3) is 2.53. The van der Waals surface area contributed by atoms with Gasteiger partial charge in [-0.2, -0.15) is 5.10 Å². The fourth-order valence-electron chi connectivity index (χ4n) is 1.98. The summed E-state index contributed by atoms with van der Waals surface area (Å²) in [4.78, 5) is 8.44.